The van der Waals surface area contributed by atoms with Gasteiger partial charge in [0.2, 0.25) is 5.95 Å². The van der Waals surface area contributed by atoms with E-state index in [-0.39, 0.29) is 6.99 Å². The van der Waals surface area contributed by atoms with Crippen molar-refractivity contribution in [2.24, 2.45) is 0 Å². The molecule has 160 valence electrons. The maximum absolute atomic E-state index is 12.7. The molecule has 0 spiro atoms. The molecule has 1 aromatic carbocycles. The third-order valence-corrected chi connectivity index (χ3v) is 4.01. The van der Waals surface area contributed by atoms with E-state index in [2.05, 4.69) is 32.1 Å². The molecule has 2 aromatic heterocycles. The number of aromatic nitrogens is 3. The van der Waals surface area contributed by atoms with E-state index in [1.807, 2.05) is 18.2 Å². The first-order valence-electron chi connectivity index (χ1n) is 9.33. The van der Waals surface area contributed by atoms with Crippen LogP contribution in [0.1, 0.15) is 18.7 Å². The van der Waals surface area contributed by atoms with Gasteiger partial charge in [-0.3, -0.25) is 4.79 Å². The average Bonchev–Trinajstić information content (AvgIpc) is 2.78. The topological polar surface area (TPSA) is 106 Å². The lowest BCUT2D eigenvalue weighted by Gasteiger charge is -2.20. The Morgan fingerprint density at radius 3 is 2.57 bits per heavy atom. The van der Waals surface area contributed by atoms with E-state index >= 15 is 0 Å². The number of likely N-dealkylation sites (N-methyl/N-ethyl adjacent to an activating group) is 1. The zero-order chi connectivity index (χ0) is 21.8. The first kappa shape index (κ1) is 22.5. The second-order valence-electron chi connectivity index (χ2n) is 6.04. The predicted octanol–water partition coefficient (Wildman–Crippen LogP) is 3.29. The van der Waals surface area contributed by atoms with Crippen LogP contribution in [0.3, 0.4) is 0 Å². The van der Waals surface area contributed by atoms with Crippen LogP contribution in [0.4, 0.5) is 21.8 Å². The highest BCUT2D eigenvalue weighted by Gasteiger charge is 2.06. The summed E-state index contributed by atoms with van der Waals surface area (Å²) < 4.78 is 17.5. The Bertz CT molecular complexity index is 916. The van der Waals surface area contributed by atoms with E-state index in [0.717, 1.165) is 25.5 Å². The molecule has 30 heavy (non-hydrogen) atoms. The summed E-state index contributed by atoms with van der Waals surface area (Å²) in [7, 11) is 1.44. The number of nitrogen functional groups attached to an aromatic ring is 1. The molecule has 3 N–H and O–H groups in total. The van der Waals surface area contributed by atoms with Gasteiger partial charge in [-0.1, -0.05) is 6.07 Å². The third kappa shape index (κ3) is 7.01. The van der Waals surface area contributed by atoms with Crippen LogP contribution in [0.2, 0.25) is 0 Å². The summed E-state index contributed by atoms with van der Waals surface area (Å²) >= 11 is 0. The molecule has 9 heteroatoms. The van der Waals surface area contributed by atoms with Crippen molar-refractivity contribution in [3.8, 4) is 5.75 Å². The first-order valence-corrected chi connectivity index (χ1v) is 9.33. The van der Waals surface area contributed by atoms with Crippen molar-refractivity contribution in [2.45, 2.75) is 6.92 Å². The number of hydrogen-bond acceptors (Lipinski definition) is 8. The van der Waals surface area contributed by atoms with Crippen LogP contribution in [0.25, 0.3) is 0 Å². The number of nitrogens with one attached hydrogen (secondary N) is 1. The Balaban J connectivity index is 0.000000344. The minimum absolute atomic E-state index is 0. The van der Waals surface area contributed by atoms with Crippen LogP contribution in [0.15, 0.2) is 55.0 Å². The Morgan fingerprint density at radius 2 is 2.00 bits per heavy atom. The highest BCUT2D eigenvalue weighted by Crippen LogP contribution is 2.14. The molecule has 2 heterocycles. The molecule has 0 aliphatic heterocycles. The lowest BCUT2D eigenvalue weighted by atomic mass is 10.2. The fourth-order valence-electron chi connectivity index (χ4n) is 2.41. The number of nitrogens with two attached hydrogens (primary N) is 1. The zero-order valence-electron chi connectivity index (χ0n) is 17.0. The number of aldehydes is 1. The van der Waals surface area contributed by atoms with E-state index in [1.54, 1.807) is 18.6 Å². The summed E-state index contributed by atoms with van der Waals surface area (Å²) in [4.78, 5) is 24.9. The predicted molar refractivity (Wildman–Crippen MR) is 118 cm³/mol. The van der Waals surface area contributed by atoms with Gasteiger partial charge in [0, 0.05) is 33.3 Å². The molecule has 8 nitrogen and oxygen atoms in total. The standard InChI is InChI=1S/C13H18N6.C8H7FO2.H2/c1-2-19(13-17-9-11(14)10-18-13)8-7-16-12-5-3-4-6-15-12;1-11-7-3-2-6(5-10)8(9)4-7;/h3-6,9-10H,2,7-8,14H2,1H3,(H,15,16);2-5H,1H3;1H. The molecule has 3 rings (SSSR count). The van der Waals surface area contributed by atoms with Crippen molar-refractivity contribution in [2.75, 3.05) is 42.7 Å². The monoisotopic (exact) mass is 414 g/mol. The zero-order valence-corrected chi connectivity index (χ0v) is 17.0. The van der Waals surface area contributed by atoms with Gasteiger partial charge in [-0.25, -0.2) is 19.3 Å². The number of pyridine rings is 1. The number of ether oxygens (including phenoxy) is 1. The van der Waals surface area contributed by atoms with Crippen LogP contribution in [0.5, 0.6) is 5.75 Å². The number of methoxy groups -OCH3 is 1. The number of carbonyl (C=O) groups excluding carboxylic acids is 1. The fourth-order valence-corrected chi connectivity index (χ4v) is 2.41. The third-order valence-electron chi connectivity index (χ3n) is 4.01. The number of hydrogen-bond donors (Lipinski definition) is 2. The number of halogens is 1. The largest absolute Gasteiger partial charge is 0.497 e. The molecule has 0 aliphatic carbocycles. The van der Waals surface area contributed by atoms with Crippen molar-refractivity contribution in [1.82, 2.24) is 15.0 Å². The van der Waals surface area contributed by atoms with Gasteiger partial charge in [-0.2, -0.15) is 0 Å². The van der Waals surface area contributed by atoms with E-state index in [9.17, 15) is 9.18 Å². The quantitative estimate of drug-likeness (QED) is 0.541. The minimum Gasteiger partial charge on any atom is -0.497 e. The molecular weight excluding hydrogens is 387 g/mol. The number of carbonyl (C=O) groups is 1. The van der Waals surface area contributed by atoms with Gasteiger partial charge in [0.1, 0.15) is 17.4 Å². The molecule has 0 amide bonds. The van der Waals surface area contributed by atoms with Crippen molar-refractivity contribution in [1.29, 1.82) is 0 Å². The second-order valence-corrected chi connectivity index (χ2v) is 6.04. The summed E-state index contributed by atoms with van der Waals surface area (Å²) in [6.07, 6.45) is 5.48. The molecule has 3 aromatic rings. The molecule has 0 radical (unpaired) electrons. The lowest BCUT2D eigenvalue weighted by Crippen LogP contribution is -2.30. The highest BCUT2D eigenvalue weighted by molar-refractivity contribution is 5.75. The number of rotatable bonds is 8. The summed E-state index contributed by atoms with van der Waals surface area (Å²) in [5, 5.41) is 3.26. The highest BCUT2D eigenvalue weighted by atomic mass is 19.1. The van der Waals surface area contributed by atoms with E-state index in [0.29, 0.717) is 23.7 Å². The molecule has 0 saturated heterocycles. The maximum Gasteiger partial charge on any atom is 0.225 e. The van der Waals surface area contributed by atoms with Gasteiger partial charge < -0.3 is 20.7 Å². The number of anilines is 3. The second kappa shape index (κ2) is 11.9. The average molecular weight is 414 g/mol. The van der Waals surface area contributed by atoms with Gasteiger partial charge in [-0.15, -0.1) is 0 Å². The Kier molecular flexibility index (Phi) is 8.98. The van der Waals surface area contributed by atoms with Gasteiger partial charge in [0.05, 0.1) is 30.8 Å². The normalized spacial score (nSPS) is 9.83. The Morgan fingerprint density at radius 1 is 1.23 bits per heavy atom. The van der Waals surface area contributed by atoms with E-state index < -0.39 is 5.82 Å². The van der Waals surface area contributed by atoms with Crippen molar-refractivity contribution < 1.29 is 15.3 Å². The van der Waals surface area contributed by atoms with Crippen LogP contribution >= 0.6 is 0 Å². The van der Waals surface area contributed by atoms with Gasteiger partial charge >= 0.3 is 0 Å². The summed E-state index contributed by atoms with van der Waals surface area (Å²) in [6.45, 7) is 4.49. The lowest BCUT2D eigenvalue weighted by molar-refractivity contribution is 0.111. The van der Waals surface area contributed by atoms with Crippen LogP contribution < -0.4 is 20.7 Å². The number of benzene rings is 1. The van der Waals surface area contributed by atoms with Crippen LogP contribution in [-0.2, 0) is 0 Å². The van der Waals surface area contributed by atoms with Crippen molar-refractivity contribution in [3.05, 3.63) is 66.4 Å². The Labute approximate surface area is 176 Å². The smallest absolute Gasteiger partial charge is 0.225 e. The molecule has 0 atom stereocenters. The molecule has 0 bridgehead atoms. The van der Waals surface area contributed by atoms with E-state index in [4.69, 9.17) is 10.5 Å². The molecule has 0 unspecified atom stereocenters. The van der Waals surface area contributed by atoms with Gasteiger partial charge in [0.25, 0.3) is 0 Å². The van der Waals surface area contributed by atoms with Gasteiger partial charge in [0.15, 0.2) is 6.29 Å². The maximum atomic E-state index is 12.7. The Hall–Kier alpha value is -3.75. The molecule has 0 fully saturated rings. The molecule has 0 saturated carbocycles. The fraction of sp³-hybridized carbons (Fsp3) is 0.238. The van der Waals surface area contributed by atoms with Crippen molar-refractivity contribution in [3.63, 3.8) is 0 Å². The molecule has 0 aliphatic rings. The molecular formula is C21H27FN6O2. The van der Waals surface area contributed by atoms with Gasteiger partial charge in [-0.05, 0) is 31.2 Å². The van der Waals surface area contributed by atoms with E-state index in [1.165, 1.54) is 25.3 Å². The minimum atomic E-state index is -0.556. The van der Waals surface area contributed by atoms with Crippen LogP contribution in [0, 0.1) is 5.82 Å². The summed E-state index contributed by atoms with van der Waals surface area (Å²) in [5.41, 5.74) is 6.20. The SMILES string of the molecule is CCN(CCNc1ccccn1)c1ncc(N)cn1.COc1ccc(C=O)c(F)c1.[HH]. The summed E-state index contributed by atoms with van der Waals surface area (Å²) in [5.74, 6) is 1.42. The summed E-state index contributed by atoms with van der Waals surface area (Å²) in [6, 6.07) is 9.87. The first-order chi connectivity index (χ1) is 14.6. The number of nitrogens with zero attached hydrogens (tertiary/aromatic N) is 4. The van der Waals surface area contributed by atoms with Crippen molar-refractivity contribution >= 4 is 23.7 Å². The van der Waals surface area contributed by atoms with Crippen LogP contribution in [-0.4, -0.2) is 48.0 Å².